The van der Waals surface area contributed by atoms with Crippen molar-refractivity contribution in [2.24, 2.45) is 105 Å². The molecule has 0 bridgehead atoms. The van der Waals surface area contributed by atoms with Crippen molar-refractivity contribution < 1.29 is 14.6 Å². The average Bonchev–Trinajstić information content (AvgIpc) is 3.80. The summed E-state index contributed by atoms with van der Waals surface area (Å²) in [6.07, 6.45) is 24.3. The second-order valence-corrected chi connectivity index (χ2v) is 25.7. The molecule has 1 spiro atoms. The van der Waals surface area contributed by atoms with Gasteiger partial charge in [-0.25, -0.2) is 0 Å². The Balaban J connectivity index is 0.808. The van der Waals surface area contributed by atoms with Gasteiger partial charge in [-0.05, 0) is 184 Å². The molecule has 20 atom stereocenters. The second kappa shape index (κ2) is 14.0. The SMILES string of the molecule is CC(C)CCCC(C)[C@H]1CC[C@H]2[C@@H]3CC[C@H]4Cc5nc6c(nc5C[C@]4(C)[C@H]3CC[C@]12C)C[C@@H]1CC[C@@H]2[C@H](C[C@@H](O)[C@]3(C)[C@@H]4[C@H](C[C@@H]23)O[C@]2(CC[C@@H](C)CO2)[C@H]4C)[C@@]1(C)C6. The van der Waals surface area contributed by atoms with E-state index in [1.807, 2.05) is 0 Å². The van der Waals surface area contributed by atoms with Crippen LogP contribution in [0.5, 0.6) is 0 Å². The Labute approximate surface area is 359 Å². The lowest BCUT2D eigenvalue weighted by atomic mass is 9.43. The van der Waals surface area contributed by atoms with Gasteiger partial charge in [-0.1, -0.05) is 81.6 Å². The monoisotopic (exact) mass is 809 g/mol. The van der Waals surface area contributed by atoms with E-state index in [0.717, 1.165) is 86.6 Å². The second-order valence-electron chi connectivity index (χ2n) is 25.7. The van der Waals surface area contributed by atoms with Crippen molar-refractivity contribution in [1.82, 2.24) is 9.97 Å². The van der Waals surface area contributed by atoms with Gasteiger partial charge >= 0.3 is 0 Å². The zero-order chi connectivity index (χ0) is 41.0. The van der Waals surface area contributed by atoms with E-state index in [-0.39, 0.29) is 23.0 Å². The Bertz CT molecular complexity index is 1790. The van der Waals surface area contributed by atoms with Gasteiger partial charge in [-0.3, -0.25) is 9.97 Å². The molecule has 1 N–H and O–H groups in total. The highest BCUT2D eigenvalue weighted by Crippen LogP contribution is 2.72. The van der Waals surface area contributed by atoms with Gasteiger partial charge in [0.1, 0.15) is 0 Å². The molecule has 59 heavy (non-hydrogen) atoms. The molecule has 10 aliphatic rings. The van der Waals surface area contributed by atoms with Crippen molar-refractivity contribution in [3.05, 3.63) is 22.8 Å². The van der Waals surface area contributed by atoms with Crippen molar-refractivity contribution in [2.75, 3.05) is 6.61 Å². The normalized spacial score (nSPS) is 53.6. The smallest absolute Gasteiger partial charge is 0.171 e. The Morgan fingerprint density at radius 3 is 1.97 bits per heavy atom. The molecule has 11 rings (SSSR count). The van der Waals surface area contributed by atoms with Gasteiger partial charge in [0, 0.05) is 23.7 Å². The van der Waals surface area contributed by atoms with Gasteiger partial charge in [0.05, 0.1) is 41.6 Å². The highest BCUT2D eigenvalue weighted by molar-refractivity contribution is 5.31. The number of hydrogen-bond acceptors (Lipinski definition) is 5. The fourth-order valence-electron chi connectivity index (χ4n) is 19.7. The van der Waals surface area contributed by atoms with E-state index in [1.165, 1.54) is 106 Å². The van der Waals surface area contributed by atoms with Crippen LogP contribution in [0.3, 0.4) is 0 Å². The van der Waals surface area contributed by atoms with Gasteiger partial charge in [0.2, 0.25) is 0 Å². The van der Waals surface area contributed by atoms with Crippen LogP contribution < -0.4 is 0 Å². The third kappa shape index (κ3) is 5.75. The van der Waals surface area contributed by atoms with Crippen molar-refractivity contribution in [3.63, 3.8) is 0 Å². The fourth-order valence-corrected chi connectivity index (χ4v) is 19.7. The number of hydrogen-bond donors (Lipinski definition) is 1. The summed E-state index contributed by atoms with van der Waals surface area (Å²) in [6.45, 7) is 23.5. The zero-order valence-corrected chi connectivity index (χ0v) is 39.0. The fraction of sp³-hybridized carbons (Fsp3) is 0.926. The lowest BCUT2D eigenvalue weighted by Gasteiger charge is -2.62. The Kier molecular flexibility index (Phi) is 9.65. The third-order valence-corrected chi connectivity index (χ3v) is 22.9. The van der Waals surface area contributed by atoms with Crippen LogP contribution in [0.2, 0.25) is 0 Å². The van der Waals surface area contributed by atoms with Crippen molar-refractivity contribution in [2.45, 2.75) is 202 Å². The maximum absolute atomic E-state index is 12.5. The molecule has 0 aromatic carbocycles. The van der Waals surface area contributed by atoms with Crippen LogP contribution in [-0.4, -0.2) is 39.7 Å². The first-order valence-electron chi connectivity index (χ1n) is 26.0. The summed E-state index contributed by atoms with van der Waals surface area (Å²) in [6, 6.07) is 0. The van der Waals surface area contributed by atoms with Gasteiger partial charge in [0.15, 0.2) is 5.79 Å². The molecule has 8 fully saturated rings. The molecule has 1 aromatic heterocycles. The predicted octanol–water partition coefficient (Wildman–Crippen LogP) is 11.8. The molecular weight excluding hydrogens is 725 g/mol. The standard InChI is InChI=1S/C54H84N2O3/c1-30(2)11-10-12-32(4)38-17-18-39-36-15-13-34-23-43-45(27-51(34,7)40(36)20-21-50(38,39)6)55-44-24-35-14-16-37-41(52(35,8)28-46(44)56-43)26-48(57)53(9)42(37)25-47-49(53)33(5)54(59-47)22-19-31(3)29-58-54/h30-42,47-49,57H,10-29H2,1-9H3/t31-,32?,33+,34+,35+,36+,37-,38-,39+,40+,41+,42+,47+,48-,49+,50-,51+,52+,53-,54-/m1/s1. The molecule has 5 heteroatoms. The summed E-state index contributed by atoms with van der Waals surface area (Å²) in [5, 5.41) is 12.5. The summed E-state index contributed by atoms with van der Waals surface area (Å²) < 4.78 is 13.7. The number of fused-ring (bicyclic) bond motifs is 14. The molecule has 2 saturated heterocycles. The summed E-state index contributed by atoms with van der Waals surface area (Å²) in [7, 11) is 0. The third-order valence-electron chi connectivity index (χ3n) is 22.9. The van der Waals surface area contributed by atoms with E-state index in [2.05, 4.69) is 62.3 Å². The molecule has 5 nitrogen and oxygen atoms in total. The highest BCUT2D eigenvalue weighted by atomic mass is 16.7. The molecule has 328 valence electrons. The van der Waals surface area contributed by atoms with Crippen LogP contribution in [0, 0.1) is 105 Å². The van der Waals surface area contributed by atoms with Crippen LogP contribution in [0.4, 0.5) is 0 Å². The Morgan fingerprint density at radius 1 is 0.678 bits per heavy atom. The zero-order valence-electron chi connectivity index (χ0n) is 39.0. The van der Waals surface area contributed by atoms with Crippen LogP contribution >= 0.6 is 0 Å². The minimum absolute atomic E-state index is 0.0938. The van der Waals surface area contributed by atoms with Crippen molar-refractivity contribution >= 4 is 0 Å². The number of aliphatic hydroxyl groups excluding tert-OH is 1. The molecule has 0 amide bonds. The number of ether oxygens (including phenoxy) is 2. The first-order chi connectivity index (χ1) is 28.1. The Morgan fingerprint density at radius 2 is 1.32 bits per heavy atom. The van der Waals surface area contributed by atoms with E-state index >= 15 is 0 Å². The summed E-state index contributed by atoms with van der Waals surface area (Å²) in [5.74, 6) is 9.38. The lowest BCUT2D eigenvalue weighted by molar-refractivity contribution is -0.274. The molecule has 1 unspecified atom stereocenters. The molecule has 1 aromatic rings. The van der Waals surface area contributed by atoms with Crippen LogP contribution in [0.25, 0.3) is 0 Å². The van der Waals surface area contributed by atoms with E-state index in [9.17, 15) is 5.11 Å². The molecule has 2 aliphatic heterocycles. The van der Waals surface area contributed by atoms with Gasteiger partial charge in [-0.2, -0.15) is 0 Å². The lowest BCUT2D eigenvalue weighted by Crippen LogP contribution is -2.60. The van der Waals surface area contributed by atoms with E-state index < -0.39 is 5.79 Å². The quantitative estimate of drug-likeness (QED) is 0.321. The molecule has 3 heterocycles. The maximum atomic E-state index is 12.5. The van der Waals surface area contributed by atoms with Crippen molar-refractivity contribution in [1.29, 1.82) is 0 Å². The molecule has 8 aliphatic carbocycles. The highest BCUT2D eigenvalue weighted by Gasteiger charge is 2.72. The van der Waals surface area contributed by atoms with Gasteiger partial charge in [-0.15, -0.1) is 0 Å². The van der Waals surface area contributed by atoms with Gasteiger partial charge in [0.25, 0.3) is 0 Å². The summed E-state index contributed by atoms with van der Waals surface area (Å²) >= 11 is 0. The largest absolute Gasteiger partial charge is 0.393 e. The molecular formula is C54H84N2O3. The minimum atomic E-state index is -0.430. The van der Waals surface area contributed by atoms with Crippen molar-refractivity contribution in [3.8, 4) is 0 Å². The van der Waals surface area contributed by atoms with E-state index in [4.69, 9.17) is 19.4 Å². The molecule has 6 saturated carbocycles. The first-order valence-corrected chi connectivity index (χ1v) is 26.0. The number of aliphatic hydroxyl groups is 1. The van der Waals surface area contributed by atoms with Crippen LogP contribution in [0.1, 0.15) is 181 Å². The number of rotatable bonds is 5. The number of nitrogens with zero attached hydrogens (tertiary/aromatic N) is 2. The van der Waals surface area contributed by atoms with Gasteiger partial charge < -0.3 is 14.6 Å². The van der Waals surface area contributed by atoms with E-state index in [1.54, 1.807) is 0 Å². The summed E-state index contributed by atoms with van der Waals surface area (Å²) in [4.78, 5) is 11.5. The average molecular weight is 809 g/mol. The predicted molar refractivity (Wildman–Crippen MR) is 235 cm³/mol. The minimum Gasteiger partial charge on any atom is -0.393 e. The molecule has 0 radical (unpaired) electrons. The topological polar surface area (TPSA) is 64.5 Å². The van der Waals surface area contributed by atoms with Crippen LogP contribution in [-0.2, 0) is 35.2 Å². The van der Waals surface area contributed by atoms with Crippen LogP contribution in [0.15, 0.2) is 0 Å². The Hall–Kier alpha value is -1.04. The van der Waals surface area contributed by atoms with E-state index in [0.29, 0.717) is 52.3 Å². The first kappa shape index (κ1) is 40.7. The maximum Gasteiger partial charge on any atom is 0.171 e. The number of aromatic nitrogens is 2. The summed E-state index contributed by atoms with van der Waals surface area (Å²) in [5.41, 5.74) is 6.46.